The molecule has 33 heavy (non-hydrogen) atoms. The first-order valence-electron chi connectivity index (χ1n) is 10.2. The zero-order chi connectivity index (χ0) is 22.9. The lowest BCUT2D eigenvalue weighted by Gasteiger charge is -2.08. The molecule has 0 fully saturated rings. The van der Waals surface area contributed by atoms with E-state index in [0.29, 0.717) is 11.2 Å². The molecule has 0 aliphatic carbocycles. The van der Waals surface area contributed by atoms with Crippen molar-refractivity contribution in [2.75, 3.05) is 7.05 Å². The number of amides is 1. The first kappa shape index (κ1) is 20.5. The van der Waals surface area contributed by atoms with Crippen molar-refractivity contribution in [2.45, 2.75) is 0 Å². The number of nitrogens with zero attached hydrogens (tertiary/aromatic N) is 3. The summed E-state index contributed by atoms with van der Waals surface area (Å²) in [6.45, 7) is 0. The van der Waals surface area contributed by atoms with Crippen molar-refractivity contribution in [1.29, 1.82) is 0 Å². The SMILES string of the molecule is CNC(=O)c1cc(F)cc(-c2ccn3c(-c4ccnc(-c5ccc(F)cc5)c4)cnc3c2)c1. The highest BCUT2D eigenvalue weighted by Gasteiger charge is 2.12. The second-order valence-corrected chi connectivity index (χ2v) is 7.53. The Hall–Kier alpha value is -4.39. The van der Waals surface area contributed by atoms with Crippen LogP contribution in [-0.4, -0.2) is 27.3 Å². The zero-order valence-corrected chi connectivity index (χ0v) is 17.6. The Morgan fingerprint density at radius 2 is 1.64 bits per heavy atom. The third kappa shape index (κ3) is 3.96. The maximum atomic E-state index is 14.1. The Bertz CT molecular complexity index is 1490. The van der Waals surface area contributed by atoms with Crippen molar-refractivity contribution in [3.8, 4) is 33.6 Å². The summed E-state index contributed by atoms with van der Waals surface area (Å²) in [4.78, 5) is 20.9. The first-order chi connectivity index (χ1) is 16.0. The molecule has 0 spiro atoms. The van der Waals surface area contributed by atoms with Crippen LogP contribution >= 0.6 is 0 Å². The van der Waals surface area contributed by atoms with E-state index in [9.17, 15) is 13.6 Å². The van der Waals surface area contributed by atoms with Crippen LogP contribution in [-0.2, 0) is 0 Å². The van der Waals surface area contributed by atoms with Gasteiger partial charge in [-0.15, -0.1) is 0 Å². The van der Waals surface area contributed by atoms with E-state index in [0.717, 1.165) is 28.1 Å². The van der Waals surface area contributed by atoms with Gasteiger partial charge >= 0.3 is 0 Å². The lowest BCUT2D eigenvalue weighted by Crippen LogP contribution is -2.17. The number of pyridine rings is 2. The van der Waals surface area contributed by atoms with Crippen LogP contribution in [0.15, 0.2) is 85.3 Å². The molecule has 0 bridgehead atoms. The summed E-state index contributed by atoms with van der Waals surface area (Å²) in [5, 5.41) is 2.51. The summed E-state index contributed by atoms with van der Waals surface area (Å²) in [6.07, 6.45) is 5.31. The van der Waals surface area contributed by atoms with Crippen molar-refractivity contribution in [1.82, 2.24) is 19.7 Å². The quantitative estimate of drug-likeness (QED) is 0.409. The van der Waals surface area contributed by atoms with E-state index in [-0.39, 0.29) is 17.3 Å². The molecule has 5 rings (SSSR count). The minimum atomic E-state index is -0.486. The Morgan fingerprint density at radius 3 is 2.42 bits per heavy atom. The monoisotopic (exact) mass is 440 g/mol. The van der Waals surface area contributed by atoms with E-state index in [1.165, 1.54) is 31.3 Å². The topological polar surface area (TPSA) is 59.3 Å². The minimum absolute atomic E-state index is 0.251. The molecular formula is C26H18F2N4O. The van der Waals surface area contributed by atoms with Crippen molar-refractivity contribution >= 4 is 11.6 Å². The smallest absolute Gasteiger partial charge is 0.251 e. The van der Waals surface area contributed by atoms with Gasteiger partial charge in [0.05, 0.1) is 17.6 Å². The van der Waals surface area contributed by atoms with Crippen molar-refractivity contribution in [3.63, 3.8) is 0 Å². The molecule has 162 valence electrons. The minimum Gasteiger partial charge on any atom is -0.355 e. The molecule has 0 radical (unpaired) electrons. The van der Waals surface area contributed by atoms with E-state index >= 15 is 0 Å². The van der Waals surface area contributed by atoms with E-state index in [1.54, 1.807) is 30.6 Å². The molecule has 3 heterocycles. The van der Waals surface area contributed by atoms with Gasteiger partial charge in [-0.1, -0.05) is 0 Å². The van der Waals surface area contributed by atoms with Crippen LogP contribution in [0, 0.1) is 11.6 Å². The number of hydrogen-bond acceptors (Lipinski definition) is 3. The average Bonchev–Trinajstić information content (AvgIpc) is 3.27. The Balaban J connectivity index is 1.54. The Morgan fingerprint density at radius 1 is 0.818 bits per heavy atom. The van der Waals surface area contributed by atoms with Crippen LogP contribution in [0.25, 0.3) is 39.3 Å². The van der Waals surface area contributed by atoms with E-state index in [4.69, 9.17) is 0 Å². The van der Waals surface area contributed by atoms with E-state index in [2.05, 4.69) is 15.3 Å². The van der Waals surface area contributed by atoms with Crippen molar-refractivity contribution < 1.29 is 13.6 Å². The van der Waals surface area contributed by atoms with Gasteiger partial charge in [0, 0.05) is 36.1 Å². The number of benzene rings is 2. The number of hydrogen-bond donors (Lipinski definition) is 1. The molecule has 7 heteroatoms. The predicted molar refractivity (Wildman–Crippen MR) is 123 cm³/mol. The highest BCUT2D eigenvalue weighted by atomic mass is 19.1. The van der Waals surface area contributed by atoms with Gasteiger partial charge in [-0.2, -0.15) is 0 Å². The van der Waals surface area contributed by atoms with Crippen LogP contribution < -0.4 is 5.32 Å². The summed E-state index contributed by atoms with van der Waals surface area (Å²) in [5.41, 5.74) is 5.54. The third-order valence-electron chi connectivity index (χ3n) is 5.43. The van der Waals surface area contributed by atoms with Gasteiger partial charge in [0.1, 0.15) is 17.3 Å². The molecule has 0 unspecified atom stereocenters. The second kappa shape index (κ2) is 8.27. The lowest BCUT2D eigenvalue weighted by molar-refractivity contribution is 0.0962. The van der Waals surface area contributed by atoms with Crippen molar-refractivity contribution in [3.05, 3.63) is 103 Å². The van der Waals surface area contributed by atoms with Gasteiger partial charge in [0.25, 0.3) is 5.91 Å². The van der Waals surface area contributed by atoms with E-state index < -0.39 is 5.82 Å². The molecule has 0 atom stereocenters. The largest absolute Gasteiger partial charge is 0.355 e. The van der Waals surface area contributed by atoms with Crippen LogP contribution in [0.2, 0.25) is 0 Å². The molecule has 3 aromatic heterocycles. The number of carbonyl (C=O) groups excluding carboxylic acids is 1. The molecule has 2 aromatic carbocycles. The first-order valence-corrected chi connectivity index (χ1v) is 10.2. The van der Waals surface area contributed by atoms with Gasteiger partial charge in [-0.05, 0) is 77.9 Å². The van der Waals surface area contributed by atoms with Gasteiger partial charge < -0.3 is 5.32 Å². The summed E-state index contributed by atoms with van der Waals surface area (Å²) < 4.78 is 29.3. The molecule has 0 aliphatic heterocycles. The summed E-state index contributed by atoms with van der Waals surface area (Å²) in [7, 11) is 1.51. The van der Waals surface area contributed by atoms with Crippen LogP contribution in [0.1, 0.15) is 10.4 Å². The van der Waals surface area contributed by atoms with E-state index in [1.807, 2.05) is 34.9 Å². The third-order valence-corrected chi connectivity index (χ3v) is 5.43. The highest BCUT2D eigenvalue weighted by Crippen LogP contribution is 2.28. The molecule has 0 aliphatic rings. The fraction of sp³-hybridized carbons (Fsp3) is 0.0385. The number of carbonyl (C=O) groups is 1. The van der Waals surface area contributed by atoms with Gasteiger partial charge in [-0.25, -0.2) is 13.8 Å². The standard InChI is InChI=1S/C26H18F2N4O/c1-29-26(33)20-10-19(11-22(28)12-20)17-7-9-32-24(15-31-25(32)14-17)18-6-8-30-23(13-18)16-2-4-21(27)5-3-16/h2-15H,1H3,(H,29,33). The lowest BCUT2D eigenvalue weighted by atomic mass is 10.0. The number of fused-ring (bicyclic) bond motifs is 1. The van der Waals surface area contributed by atoms with Gasteiger partial charge in [-0.3, -0.25) is 14.2 Å². The molecule has 1 amide bonds. The fourth-order valence-corrected chi connectivity index (χ4v) is 3.77. The van der Waals surface area contributed by atoms with Crippen LogP contribution in [0.3, 0.4) is 0 Å². The number of nitrogens with one attached hydrogen (secondary N) is 1. The van der Waals surface area contributed by atoms with Gasteiger partial charge in [0.2, 0.25) is 0 Å². The summed E-state index contributed by atoms with van der Waals surface area (Å²) in [6, 6.07) is 17.9. The predicted octanol–water partition coefficient (Wildman–Crippen LogP) is 5.37. The second-order valence-electron chi connectivity index (χ2n) is 7.53. The maximum absolute atomic E-state index is 14.1. The van der Waals surface area contributed by atoms with Crippen LogP contribution in [0.4, 0.5) is 8.78 Å². The summed E-state index contributed by atoms with van der Waals surface area (Å²) in [5.74, 6) is -1.14. The normalized spacial score (nSPS) is 11.0. The fourth-order valence-electron chi connectivity index (χ4n) is 3.77. The van der Waals surface area contributed by atoms with Crippen LogP contribution in [0.5, 0.6) is 0 Å². The molecule has 1 N–H and O–H groups in total. The number of imidazole rings is 1. The summed E-state index contributed by atoms with van der Waals surface area (Å²) >= 11 is 0. The molecule has 0 saturated heterocycles. The molecule has 5 aromatic rings. The Kier molecular flexibility index (Phi) is 5.14. The number of rotatable bonds is 4. The average molecular weight is 440 g/mol. The maximum Gasteiger partial charge on any atom is 0.251 e. The molecular weight excluding hydrogens is 422 g/mol. The van der Waals surface area contributed by atoms with Crippen molar-refractivity contribution in [2.24, 2.45) is 0 Å². The molecule has 0 saturated carbocycles. The number of halogens is 2. The molecule has 5 nitrogen and oxygen atoms in total. The van der Waals surface area contributed by atoms with Gasteiger partial charge in [0.15, 0.2) is 0 Å². The zero-order valence-electron chi connectivity index (χ0n) is 17.6. The number of aromatic nitrogens is 3. The Labute approximate surface area is 188 Å². The highest BCUT2D eigenvalue weighted by molar-refractivity contribution is 5.95.